The molecule has 0 aromatic rings. The highest BCUT2D eigenvalue weighted by atomic mass is 16.5. The van der Waals surface area contributed by atoms with Crippen LogP contribution in [0.25, 0.3) is 0 Å². The summed E-state index contributed by atoms with van der Waals surface area (Å²) in [5.41, 5.74) is 0.164. The molecule has 1 saturated carbocycles. The van der Waals surface area contributed by atoms with Crippen LogP contribution in [0.1, 0.15) is 38.5 Å². The first-order valence-electron chi connectivity index (χ1n) is 7.80. The summed E-state index contributed by atoms with van der Waals surface area (Å²) in [5, 5.41) is 0. The second kappa shape index (κ2) is 6.00. The molecule has 0 radical (unpaired) electrons. The van der Waals surface area contributed by atoms with Gasteiger partial charge >= 0.3 is 5.97 Å². The van der Waals surface area contributed by atoms with Crippen molar-refractivity contribution in [2.75, 3.05) is 33.4 Å². The number of morpholine rings is 1. The van der Waals surface area contributed by atoms with E-state index < -0.39 is 0 Å². The van der Waals surface area contributed by atoms with Crippen LogP contribution in [0.5, 0.6) is 0 Å². The van der Waals surface area contributed by atoms with Crippen molar-refractivity contribution in [3.8, 4) is 0 Å². The third-order valence-corrected chi connectivity index (χ3v) is 5.00. The minimum absolute atomic E-state index is 0.164. The third kappa shape index (κ3) is 2.85. The van der Waals surface area contributed by atoms with Gasteiger partial charge in [0.05, 0.1) is 32.0 Å². The maximum absolute atomic E-state index is 11.8. The first kappa shape index (κ1) is 14.3. The Labute approximate surface area is 120 Å². The Morgan fingerprint density at radius 1 is 1.35 bits per heavy atom. The van der Waals surface area contributed by atoms with Crippen LogP contribution in [0.4, 0.5) is 0 Å². The molecule has 3 aliphatic rings. The average Bonchev–Trinajstić information content (AvgIpc) is 3.09. The van der Waals surface area contributed by atoms with Crippen molar-refractivity contribution in [2.24, 2.45) is 0 Å². The predicted molar refractivity (Wildman–Crippen MR) is 73.5 cm³/mol. The average molecular weight is 283 g/mol. The number of carbonyl (C=O) groups excluding carboxylic acids is 1. The molecule has 5 nitrogen and oxygen atoms in total. The van der Waals surface area contributed by atoms with Gasteiger partial charge in [0.1, 0.15) is 6.04 Å². The zero-order valence-corrected chi connectivity index (χ0v) is 12.3. The van der Waals surface area contributed by atoms with E-state index in [0.717, 1.165) is 19.5 Å². The van der Waals surface area contributed by atoms with Crippen LogP contribution in [-0.4, -0.2) is 62.0 Å². The number of nitrogens with zero attached hydrogens (tertiary/aromatic N) is 1. The lowest BCUT2D eigenvalue weighted by Crippen LogP contribution is -2.52. The standard InChI is InChI=1S/C15H25NO4/c1-18-14(17)13-11-19-9-8-16(13)10-12-4-7-15(20-12)5-2-3-6-15/h12-13H,2-11H2,1H3. The molecule has 20 heavy (non-hydrogen) atoms. The topological polar surface area (TPSA) is 48.0 Å². The summed E-state index contributed by atoms with van der Waals surface area (Å²) in [6.45, 7) is 2.73. The molecule has 2 unspecified atom stereocenters. The minimum atomic E-state index is -0.266. The quantitative estimate of drug-likeness (QED) is 0.732. The van der Waals surface area contributed by atoms with E-state index in [1.165, 1.54) is 39.2 Å². The summed E-state index contributed by atoms with van der Waals surface area (Å²) in [6.07, 6.45) is 7.60. The van der Waals surface area contributed by atoms with Gasteiger partial charge in [-0.15, -0.1) is 0 Å². The van der Waals surface area contributed by atoms with Crippen molar-refractivity contribution >= 4 is 5.97 Å². The molecule has 2 heterocycles. The van der Waals surface area contributed by atoms with Gasteiger partial charge in [0.2, 0.25) is 0 Å². The van der Waals surface area contributed by atoms with Crippen LogP contribution < -0.4 is 0 Å². The molecule has 2 saturated heterocycles. The lowest BCUT2D eigenvalue weighted by atomic mass is 9.98. The van der Waals surface area contributed by atoms with Crippen molar-refractivity contribution < 1.29 is 19.0 Å². The van der Waals surface area contributed by atoms with E-state index in [1.54, 1.807) is 0 Å². The lowest BCUT2D eigenvalue weighted by molar-refractivity contribution is -0.155. The summed E-state index contributed by atoms with van der Waals surface area (Å²) in [4.78, 5) is 14.0. The fourth-order valence-corrected chi connectivity index (χ4v) is 3.88. The molecule has 0 aromatic carbocycles. The molecule has 114 valence electrons. The van der Waals surface area contributed by atoms with E-state index in [0.29, 0.717) is 13.2 Å². The van der Waals surface area contributed by atoms with Crippen LogP contribution in [0.3, 0.4) is 0 Å². The molecular formula is C15H25NO4. The Hall–Kier alpha value is -0.650. The zero-order chi connectivity index (χ0) is 14.0. The van der Waals surface area contributed by atoms with Gasteiger partial charge < -0.3 is 14.2 Å². The van der Waals surface area contributed by atoms with Crippen LogP contribution in [-0.2, 0) is 19.0 Å². The maximum atomic E-state index is 11.8. The van der Waals surface area contributed by atoms with Crippen LogP contribution in [0.2, 0.25) is 0 Å². The summed E-state index contributed by atoms with van der Waals surface area (Å²) in [6, 6.07) is -0.266. The fourth-order valence-electron chi connectivity index (χ4n) is 3.88. The Bertz CT molecular complexity index is 354. The number of ether oxygens (including phenoxy) is 3. The van der Waals surface area contributed by atoms with Crippen molar-refractivity contribution in [2.45, 2.75) is 56.3 Å². The molecule has 0 N–H and O–H groups in total. The lowest BCUT2D eigenvalue weighted by Gasteiger charge is -2.35. The number of hydrogen-bond acceptors (Lipinski definition) is 5. The normalized spacial score (nSPS) is 33.6. The Morgan fingerprint density at radius 3 is 2.90 bits per heavy atom. The number of esters is 1. The Balaban J connectivity index is 1.57. The van der Waals surface area contributed by atoms with Gasteiger partial charge in [-0.1, -0.05) is 12.8 Å². The summed E-state index contributed by atoms with van der Waals surface area (Å²) < 4.78 is 16.6. The van der Waals surface area contributed by atoms with E-state index in [4.69, 9.17) is 14.2 Å². The molecule has 1 spiro atoms. The molecule has 3 rings (SSSR count). The van der Waals surface area contributed by atoms with E-state index in [-0.39, 0.29) is 23.7 Å². The summed E-state index contributed by atoms with van der Waals surface area (Å²) in [7, 11) is 1.44. The molecule has 3 fully saturated rings. The van der Waals surface area contributed by atoms with Crippen LogP contribution >= 0.6 is 0 Å². The van der Waals surface area contributed by atoms with Gasteiger partial charge in [0.25, 0.3) is 0 Å². The Kier molecular flexibility index (Phi) is 4.29. The molecule has 2 atom stereocenters. The van der Waals surface area contributed by atoms with E-state index in [1.807, 2.05) is 0 Å². The molecule has 1 aliphatic carbocycles. The number of methoxy groups -OCH3 is 1. The number of carbonyl (C=O) groups is 1. The molecule has 0 amide bonds. The highest BCUT2D eigenvalue weighted by Gasteiger charge is 2.43. The highest BCUT2D eigenvalue weighted by Crippen LogP contribution is 2.43. The van der Waals surface area contributed by atoms with Gasteiger partial charge in [-0.2, -0.15) is 0 Å². The second-order valence-electron chi connectivity index (χ2n) is 6.28. The van der Waals surface area contributed by atoms with Crippen LogP contribution in [0, 0.1) is 0 Å². The fraction of sp³-hybridized carbons (Fsp3) is 0.933. The van der Waals surface area contributed by atoms with Gasteiger partial charge in [-0.3, -0.25) is 9.69 Å². The second-order valence-corrected chi connectivity index (χ2v) is 6.28. The third-order valence-electron chi connectivity index (χ3n) is 5.00. The molecule has 5 heteroatoms. The first-order chi connectivity index (χ1) is 9.72. The molecule has 0 aromatic heterocycles. The number of rotatable bonds is 3. The van der Waals surface area contributed by atoms with Crippen molar-refractivity contribution in [1.29, 1.82) is 0 Å². The largest absolute Gasteiger partial charge is 0.468 e. The monoisotopic (exact) mass is 283 g/mol. The van der Waals surface area contributed by atoms with E-state index in [9.17, 15) is 4.79 Å². The predicted octanol–water partition coefficient (Wildman–Crippen LogP) is 1.35. The smallest absolute Gasteiger partial charge is 0.325 e. The van der Waals surface area contributed by atoms with Crippen molar-refractivity contribution in [1.82, 2.24) is 4.90 Å². The highest BCUT2D eigenvalue weighted by molar-refractivity contribution is 5.75. The summed E-state index contributed by atoms with van der Waals surface area (Å²) >= 11 is 0. The zero-order valence-electron chi connectivity index (χ0n) is 12.3. The van der Waals surface area contributed by atoms with E-state index >= 15 is 0 Å². The first-order valence-corrected chi connectivity index (χ1v) is 7.80. The van der Waals surface area contributed by atoms with Crippen molar-refractivity contribution in [3.05, 3.63) is 0 Å². The Morgan fingerprint density at radius 2 is 2.15 bits per heavy atom. The number of hydrogen-bond donors (Lipinski definition) is 0. The maximum Gasteiger partial charge on any atom is 0.325 e. The SMILES string of the molecule is COC(=O)C1COCCN1CC1CCC2(CCCC2)O1. The van der Waals surface area contributed by atoms with Crippen LogP contribution in [0.15, 0.2) is 0 Å². The molecular weight excluding hydrogens is 258 g/mol. The van der Waals surface area contributed by atoms with Crippen molar-refractivity contribution in [3.63, 3.8) is 0 Å². The van der Waals surface area contributed by atoms with Gasteiger partial charge in [0.15, 0.2) is 0 Å². The van der Waals surface area contributed by atoms with Gasteiger partial charge in [-0.05, 0) is 25.7 Å². The molecule has 0 bridgehead atoms. The van der Waals surface area contributed by atoms with E-state index in [2.05, 4.69) is 4.90 Å². The van der Waals surface area contributed by atoms with Gasteiger partial charge in [0, 0.05) is 13.1 Å². The molecule has 2 aliphatic heterocycles. The minimum Gasteiger partial charge on any atom is -0.468 e. The van der Waals surface area contributed by atoms with Gasteiger partial charge in [-0.25, -0.2) is 0 Å². The summed E-state index contributed by atoms with van der Waals surface area (Å²) in [5.74, 6) is -0.196.